The summed E-state index contributed by atoms with van der Waals surface area (Å²) in [5, 5.41) is 3.61. The molecule has 1 aromatic rings. The maximum absolute atomic E-state index is 5.13. The summed E-state index contributed by atoms with van der Waals surface area (Å²) in [4.78, 5) is 0. The number of ether oxygens (including phenoxy) is 1. The average molecular weight is 277 g/mol. The molecule has 0 spiro atoms. The molecule has 1 unspecified atom stereocenters. The Kier molecular flexibility index (Phi) is 9.35. The van der Waals surface area contributed by atoms with Crippen LogP contribution in [0.4, 0.5) is 0 Å². The Morgan fingerprint density at radius 2 is 1.80 bits per heavy atom. The van der Waals surface area contributed by atoms with Crippen molar-refractivity contribution in [3.8, 4) is 0 Å². The maximum Gasteiger partial charge on any atom is 0.0502 e. The molecule has 1 atom stereocenters. The fraction of sp³-hybridized carbons (Fsp3) is 0.667. The summed E-state index contributed by atoms with van der Waals surface area (Å²) in [6.07, 6.45) is 7.57. The fourth-order valence-electron chi connectivity index (χ4n) is 2.54. The number of unbranched alkanes of at least 4 members (excludes halogenated alkanes) is 3. The summed E-state index contributed by atoms with van der Waals surface area (Å²) in [6.45, 7) is 6.28. The molecule has 0 radical (unpaired) electrons. The van der Waals surface area contributed by atoms with Crippen LogP contribution in [0.15, 0.2) is 24.3 Å². The molecule has 0 amide bonds. The largest absolute Gasteiger partial charge is 0.384 e. The van der Waals surface area contributed by atoms with Crippen molar-refractivity contribution in [1.82, 2.24) is 5.32 Å². The smallest absolute Gasteiger partial charge is 0.0502 e. The Morgan fingerprint density at radius 1 is 1.05 bits per heavy atom. The van der Waals surface area contributed by atoms with E-state index in [1.165, 1.54) is 43.2 Å². The standard InChI is InChI=1S/C18H31NO/c1-4-6-7-8-9-18(19-5-2)17-12-10-16(11-13-17)14-15-20-3/h10-13,18-19H,4-9,14-15H2,1-3H3. The Balaban J connectivity index is 2.52. The SMILES string of the molecule is CCCCCCC(NCC)c1ccc(CCOC)cc1. The van der Waals surface area contributed by atoms with Crippen molar-refractivity contribution in [2.45, 2.75) is 58.4 Å². The highest BCUT2D eigenvalue weighted by atomic mass is 16.5. The zero-order chi connectivity index (χ0) is 14.6. The van der Waals surface area contributed by atoms with Crippen LogP contribution in [0, 0.1) is 0 Å². The summed E-state index contributed by atoms with van der Waals surface area (Å²) in [5.74, 6) is 0. The third kappa shape index (κ3) is 6.53. The molecule has 1 N–H and O–H groups in total. The minimum Gasteiger partial charge on any atom is -0.384 e. The van der Waals surface area contributed by atoms with Gasteiger partial charge in [0.25, 0.3) is 0 Å². The maximum atomic E-state index is 5.13. The average Bonchev–Trinajstić information content (AvgIpc) is 2.49. The van der Waals surface area contributed by atoms with E-state index in [1.807, 2.05) is 0 Å². The lowest BCUT2D eigenvalue weighted by Crippen LogP contribution is -2.20. The van der Waals surface area contributed by atoms with Crippen LogP contribution >= 0.6 is 0 Å². The number of benzene rings is 1. The van der Waals surface area contributed by atoms with E-state index in [1.54, 1.807) is 7.11 Å². The second-order valence-electron chi connectivity index (χ2n) is 5.44. The first-order chi connectivity index (χ1) is 9.81. The van der Waals surface area contributed by atoms with Crippen LogP contribution in [0.25, 0.3) is 0 Å². The number of hydrogen-bond donors (Lipinski definition) is 1. The van der Waals surface area contributed by atoms with Gasteiger partial charge in [-0.3, -0.25) is 0 Å². The number of rotatable bonds is 11. The molecule has 0 saturated heterocycles. The van der Waals surface area contributed by atoms with Crippen molar-refractivity contribution in [2.24, 2.45) is 0 Å². The van der Waals surface area contributed by atoms with E-state index in [4.69, 9.17) is 4.74 Å². The Morgan fingerprint density at radius 3 is 2.40 bits per heavy atom. The summed E-state index contributed by atoms with van der Waals surface area (Å²) in [5.41, 5.74) is 2.78. The third-order valence-corrected chi connectivity index (χ3v) is 3.77. The highest BCUT2D eigenvalue weighted by Crippen LogP contribution is 2.21. The van der Waals surface area contributed by atoms with Gasteiger partial charge in [0, 0.05) is 13.2 Å². The molecule has 2 nitrogen and oxygen atoms in total. The van der Waals surface area contributed by atoms with Gasteiger partial charge < -0.3 is 10.1 Å². The lowest BCUT2D eigenvalue weighted by Gasteiger charge is -2.18. The predicted octanol–water partition coefficient (Wildman–Crippen LogP) is 4.50. The van der Waals surface area contributed by atoms with E-state index >= 15 is 0 Å². The lowest BCUT2D eigenvalue weighted by molar-refractivity contribution is 0.202. The minimum atomic E-state index is 0.508. The van der Waals surface area contributed by atoms with E-state index in [0.29, 0.717) is 6.04 Å². The van der Waals surface area contributed by atoms with Gasteiger partial charge in [0.1, 0.15) is 0 Å². The molecule has 0 heterocycles. The minimum absolute atomic E-state index is 0.508. The molecular weight excluding hydrogens is 246 g/mol. The van der Waals surface area contributed by atoms with E-state index in [-0.39, 0.29) is 0 Å². The van der Waals surface area contributed by atoms with Gasteiger partial charge in [0.2, 0.25) is 0 Å². The van der Waals surface area contributed by atoms with Crippen molar-refractivity contribution in [3.05, 3.63) is 35.4 Å². The fourth-order valence-corrected chi connectivity index (χ4v) is 2.54. The molecule has 0 aliphatic rings. The summed E-state index contributed by atoms with van der Waals surface area (Å²) in [6, 6.07) is 9.54. The zero-order valence-corrected chi connectivity index (χ0v) is 13.5. The third-order valence-electron chi connectivity index (χ3n) is 3.77. The van der Waals surface area contributed by atoms with Gasteiger partial charge in [-0.25, -0.2) is 0 Å². The van der Waals surface area contributed by atoms with Crippen molar-refractivity contribution in [2.75, 3.05) is 20.3 Å². The van der Waals surface area contributed by atoms with E-state index in [0.717, 1.165) is 19.6 Å². The van der Waals surface area contributed by atoms with Gasteiger partial charge in [-0.05, 0) is 30.5 Å². The zero-order valence-electron chi connectivity index (χ0n) is 13.5. The quantitative estimate of drug-likeness (QED) is 0.601. The molecule has 0 saturated carbocycles. The van der Waals surface area contributed by atoms with Crippen molar-refractivity contribution in [3.63, 3.8) is 0 Å². The number of methoxy groups -OCH3 is 1. The first-order valence-corrected chi connectivity index (χ1v) is 8.13. The van der Waals surface area contributed by atoms with Crippen LogP contribution in [0.2, 0.25) is 0 Å². The van der Waals surface area contributed by atoms with Crippen LogP contribution in [0.5, 0.6) is 0 Å². The lowest BCUT2D eigenvalue weighted by atomic mass is 9.98. The molecule has 114 valence electrons. The summed E-state index contributed by atoms with van der Waals surface area (Å²) >= 11 is 0. The van der Waals surface area contributed by atoms with Gasteiger partial charge in [0.15, 0.2) is 0 Å². The van der Waals surface area contributed by atoms with Crippen molar-refractivity contribution >= 4 is 0 Å². The second-order valence-corrected chi connectivity index (χ2v) is 5.44. The number of nitrogens with one attached hydrogen (secondary N) is 1. The molecule has 1 rings (SSSR count). The van der Waals surface area contributed by atoms with Crippen LogP contribution < -0.4 is 5.32 Å². The second kappa shape index (κ2) is 10.9. The van der Waals surface area contributed by atoms with Crippen molar-refractivity contribution in [1.29, 1.82) is 0 Å². The van der Waals surface area contributed by atoms with Gasteiger partial charge >= 0.3 is 0 Å². The van der Waals surface area contributed by atoms with E-state index < -0.39 is 0 Å². The predicted molar refractivity (Wildman–Crippen MR) is 87.2 cm³/mol. The Labute approximate surface area is 124 Å². The molecule has 1 aromatic carbocycles. The molecule has 0 bridgehead atoms. The van der Waals surface area contributed by atoms with Crippen LogP contribution in [-0.4, -0.2) is 20.3 Å². The molecule has 20 heavy (non-hydrogen) atoms. The van der Waals surface area contributed by atoms with E-state index in [9.17, 15) is 0 Å². The first-order valence-electron chi connectivity index (χ1n) is 8.13. The topological polar surface area (TPSA) is 21.3 Å². The molecular formula is C18H31NO. The van der Waals surface area contributed by atoms with Crippen molar-refractivity contribution < 1.29 is 4.74 Å². The highest BCUT2D eigenvalue weighted by molar-refractivity contribution is 5.25. The highest BCUT2D eigenvalue weighted by Gasteiger charge is 2.09. The van der Waals surface area contributed by atoms with E-state index in [2.05, 4.69) is 43.4 Å². The molecule has 0 fully saturated rings. The normalized spacial score (nSPS) is 12.6. The van der Waals surface area contributed by atoms with Crippen LogP contribution in [0.3, 0.4) is 0 Å². The molecule has 0 aromatic heterocycles. The summed E-state index contributed by atoms with van der Waals surface area (Å²) in [7, 11) is 1.76. The van der Waals surface area contributed by atoms with Gasteiger partial charge in [-0.15, -0.1) is 0 Å². The molecule has 0 aliphatic heterocycles. The Hall–Kier alpha value is -0.860. The first kappa shape index (κ1) is 17.2. The van der Waals surface area contributed by atoms with Gasteiger partial charge in [-0.1, -0.05) is 63.8 Å². The van der Waals surface area contributed by atoms with Crippen LogP contribution in [0.1, 0.15) is 63.1 Å². The van der Waals surface area contributed by atoms with Gasteiger partial charge in [-0.2, -0.15) is 0 Å². The molecule has 0 aliphatic carbocycles. The Bertz CT molecular complexity index is 334. The summed E-state index contributed by atoms with van der Waals surface area (Å²) < 4.78 is 5.13. The van der Waals surface area contributed by atoms with Crippen LogP contribution in [-0.2, 0) is 11.2 Å². The van der Waals surface area contributed by atoms with Gasteiger partial charge in [0.05, 0.1) is 6.61 Å². The monoisotopic (exact) mass is 277 g/mol. The number of hydrogen-bond acceptors (Lipinski definition) is 2. The molecule has 2 heteroatoms.